The van der Waals surface area contributed by atoms with Gasteiger partial charge in [-0.25, -0.2) is 4.79 Å². The smallest absolute Gasteiger partial charge is 0.336 e. The molecule has 0 atom stereocenters. The van der Waals surface area contributed by atoms with Gasteiger partial charge in [0.05, 0.1) is 5.56 Å². The lowest BCUT2D eigenvalue weighted by atomic mass is 10.1. The van der Waals surface area contributed by atoms with Crippen LogP contribution in [0.25, 0.3) is 10.9 Å². The molecule has 0 amide bonds. The van der Waals surface area contributed by atoms with Gasteiger partial charge in [0, 0.05) is 29.4 Å². The first-order valence-corrected chi connectivity index (χ1v) is 5.77. The van der Waals surface area contributed by atoms with Crippen LogP contribution in [0.5, 0.6) is 0 Å². The Morgan fingerprint density at radius 1 is 1.50 bits per heavy atom. The zero-order valence-electron chi connectivity index (χ0n) is 8.97. The second-order valence-corrected chi connectivity index (χ2v) is 3.92. The summed E-state index contributed by atoms with van der Waals surface area (Å²) in [6.07, 6.45) is 1.98. The number of thiol groups is 1. The van der Waals surface area contributed by atoms with E-state index in [1.165, 1.54) is 0 Å². The molecule has 0 unspecified atom stereocenters. The third kappa shape index (κ3) is 1.59. The van der Waals surface area contributed by atoms with Gasteiger partial charge in [-0.1, -0.05) is 6.07 Å². The maximum absolute atomic E-state index is 11.1. The molecule has 0 fully saturated rings. The molecule has 84 valence electrons. The van der Waals surface area contributed by atoms with Crippen LogP contribution in [0.4, 0.5) is 0 Å². The fourth-order valence-corrected chi connectivity index (χ4v) is 2.24. The SMILES string of the molecule is CCn1cc(CS)c2c(C(=O)O)cccc21. The number of aromatic nitrogens is 1. The molecule has 4 heteroatoms. The molecule has 0 saturated carbocycles. The van der Waals surface area contributed by atoms with Crippen LogP contribution in [0, 0.1) is 0 Å². The molecule has 0 bridgehead atoms. The molecule has 0 saturated heterocycles. The summed E-state index contributed by atoms with van der Waals surface area (Å²) in [6.45, 7) is 2.86. The Kier molecular flexibility index (Phi) is 2.92. The minimum absolute atomic E-state index is 0.355. The zero-order chi connectivity index (χ0) is 11.7. The molecule has 1 N–H and O–H groups in total. The lowest BCUT2D eigenvalue weighted by Crippen LogP contribution is -1.98. The van der Waals surface area contributed by atoms with E-state index in [1.807, 2.05) is 23.8 Å². The molecule has 1 aromatic heterocycles. The fourth-order valence-electron chi connectivity index (χ4n) is 2.00. The van der Waals surface area contributed by atoms with Crippen LogP contribution < -0.4 is 0 Å². The molecule has 1 heterocycles. The van der Waals surface area contributed by atoms with Gasteiger partial charge in [-0.2, -0.15) is 12.6 Å². The van der Waals surface area contributed by atoms with Crippen molar-refractivity contribution < 1.29 is 9.90 Å². The number of hydrogen-bond donors (Lipinski definition) is 2. The van der Waals surface area contributed by atoms with Gasteiger partial charge in [0.15, 0.2) is 0 Å². The maximum atomic E-state index is 11.1. The third-order valence-electron chi connectivity index (χ3n) is 2.73. The van der Waals surface area contributed by atoms with Crippen LogP contribution in [0.2, 0.25) is 0 Å². The number of benzene rings is 1. The summed E-state index contributed by atoms with van der Waals surface area (Å²) in [7, 11) is 0. The summed E-state index contributed by atoms with van der Waals surface area (Å²) < 4.78 is 2.05. The minimum Gasteiger partial charge on any atom is -0.478 e. The highest BCUT2D eigenvalue weighted by Gasteiger charge is 2.14. The van der Waals surface area contributed by atoms with Crippen molar-refractivity contribution in [2.45, 2.75) is 19.2 Å². The lowest BCUT2D eigenvalue weighted by molar-refractivity contribution is 0.0699. The van der Waals surface area contributed by atoms with Crippen molar-refractivity contribution in [3.05, 3.63) is 35.5 Å². The quantitative estimate of drug-likeness (QED) is 0.803. The predicted octanol–water partition coefficient (Wildman–Crippen LogP) is 2.79. The van der Waals surface area contributed by atoms with E-state index in [0.717, 1.165) is 23.0 Å². The summed E-state index contributed by atoms with van der Waals surface area (Å²) in [5.74, 6) is -0.337. The van der Waals surface area contributed by atoms with Crippen LogP contribution in [0.1, 0.15) is 22.8 Å². The van der Waals surface area contributed by atoms with Gasteiger partial charge >= 0.3 is 5.97 Å². The molecular formula is C12H13NO2S. The lowest BCUT2D eigenvalue weighted by Gasteiger charge is -2.02. The molecule has 0 aliphatic heterocycles. The van der Waals surface area contributed by atoms with Crippen molar-refractivity contribution in [2.24, 2.45) is 0 Å². The van der Waals surface area contributed by atoms with E-state index >= 15 is 0 Å². The number of hydrogen-bond acceptors (Lipinski definition) is 2. The van der Waals surface area contributed by atoms with E-state index in [0.29, 0.717) is 11.3 Å². The highest BCUT2D eigenvalue weighted by Crippen LogP contribution is 2.26. The first-order valence-electron chi connectivity index (χ1n) is 5.14. The predicted molar refractivity (Wildman–Crippen MR) is 67.3 cm³/mol. The standard InChI is InChI=1S/C12H13NO2S/c1-2-13-6-8(7-16)11-9(12(14)15)4-3-5-10(11)13/h3-6,16H,2,7H2,1H3,(H,14,15). The average Bonchev–Trinajstić information content (AvgIpc) is 2.66. The van der Waals surface area contributed by atoms with Gasteiger partial charge in [-0.05, 0) is 24.6 Å². The van der Waals surface area contributed by atoms with Gasteiger partial charge in [-0.15, -0.1) is 0 Å². The normalized spacial score (nSPS) is 10.9. The molecule has 0 aliphatic carbocycles. The van der Waals surface area contributed by atoms with Crippen molar-refractivity contribution in [2.75, 3.05) is 0 Å². The van der Waals surface area contributed by atoms with Gasteiger partial charge in [0.25, 0.3) is 0 Å². The number of aryl methyl sites for hydroxylation is 1. The van der Waals surface area contributed by atoms with Gasteiger partial charge in [0.1, 0.15) is 0 Å². The van der Waals surface area contributed by atoms with Crippen LogP contribution in [-0.4, -0.2) is 15.6 Å². The van der Waals surface area contributed by atoms with Crippen LogP contribution in [0.15, 0.2) is 24.4 Å². The Labute approximate surface area is 99.1 Å². The largest absolute Gasteiger partial charge is 0.478 e. The Hall–Kier alpha value is -1.42. The average molecular weight is 235 g/mol. The number of carboxylic acids is 1. The molecule has 0 aliphatic rings. The molecule has 1 aromatic carbocycles. The summed E-state index contributed by atoms with van der Waals surface area (Å²) in [4.78, 5) is 11.1. The summed E-state index contributed by atoms with van der Waals surface area (Å²) >= 11 is 4.25. The summed E-state index contributed by atoms with van der Waals surface area (Å²) in [5.41, 5.74) is 2.29. The number of nitrogens with zero attached hydrogens (tertiary/aromatic N) is 1. The first kappa shape index (κ1) is 11.1. The van der Waals surface area contributed by atoms with Crippen LogP contribution >= 0.6 is 12.6 Å². The van der Waals surface area contributed by atoms with Gasteiger partial charge in [-0.3, -0.25) is 0 Å². The molecule has 2 aromatic rings. The van der Waals surface area contributed by atoms with E-state index < -0.39 is 5.97 Å². The van der Waals surface area contributed by atoms with Gasteiger partial charge in [0.2, 0.25) is 0 Å². The van der Waals surface area contributed by atoms with E-state index in [-0.39, 0.29) is 0 Å². The topological polar surface area (TPSA) is 42.2 Å². The van der Waals surface area contributed by atoms with Crippen molar-refractivity contribution >= 4 is 29.5 Å². The van der Waals surface area contributed by atoms with Crippen molar-refractivity contribution in [3.63, 3.8) is 0 Å². The second-order valence-electron chi connectivity index (χ2n) is 3.60. The Morgan fingerprint density at radius 3 is 2.81 bits per heavy atom. The van der Waals surface area contributed by atoms with E-state index in [1.54, 1.807) is 12.1 Å². The molecule has 0 radical (unpaired) electrons. The number of fused-ring (bicyclic) bond motifs is 1. The summed E-state index contributed by atoms with van der Waals surface area (Å²) in [5, 5.41) is 9.96. The first-order chi connectivity index (χ1) is 7.69. The minimum atomic E-state index is -0.887. The van der Waals surface area contributed by atoms with E-state index in [2.05, 4.69) is 12.6 Å². The number of carboxylic acid groups (broad SMARTS) is 1. The number of carbonyl (C=O) groups is 1. The molecule has 0 spiro atoms. The number of rotatable bonds is 3. The van der Waals surface area contributed by atoms with E-state index in [9.17, 15) is 4.79 Å². The molecule has 2 rings (SSSR count). The van der Waals surface area contributed by atoms with Crippen molar-refractivity contribution in [1.82, 2.24) is 4.57 Å². The Bertz CT molecular complexity index is 545. The van der Waals surface area contributed by atoms with Crippen molar-refractivity contribution in [1.29, 1.82) is 0 Å². The highest BCUT2D eigenvalue weighted by atomic mass is 32.1. The van der Waals surface area contributed by atoms with Crippen LogP contribution in [-0.2, 0) is 12.3 Å². The second kappa shape index (κ2) is 4.22. The maximum Gasteiger partial charge on any atom is 0.336 e. The molecule has 3 nitrogen and oxygen atoms in total. The molecular weight excluding hydrogens is 222 g/mol. The summed E-state index contributed by atoms with van der Waals surface area (Å²) in [6, 6.07) is 5.36. The molecule has 16 heavy (non-hydrogen) atoms. The third-order valence-corrected chi connectivity index (χ3v) is 3.07. The Morgan fingerprint density at radius 2 is 2.25 bits per heavy atom. The monoisotopic (exact) mass is 235 g/mol. The van der Waals surface area contributed by atoms with Crippen LogP contribution in [0.3, 0.4) is 0 Å². The Balaban J connectivity index is 2.84. The van der Waals surface area contributed by atoms with Crippen molar-refractivity contribution in [3.8, 4) is 0 Å². The van der Waals surface area contributed by atoms with Gasteiger partial charge < -0.3 is 9.67 Å². The zero-order valence-corrected chi connectivity index (χ0v) is 9.87. The number of aromatic carboxylic acids is 1. The fraction of sp³-hybridized carbons (Fsp3) is 0.250. The van der Waals surface area contributed by atoms with E-state index in [4.69, 9.17) is 5.11 Å². The highest BCUT2D eigenvalue weighted by molar-refractivity contribution is 7.79.